The maximum absolute atomic E-state index is 13.8. The van der Waals surface area contributed by atoms with Gasteiger partial charge in [-0.05, 0) is 68.7 Å². The summed E-state index contributed by atoms with van der Waals surface area (Å²) in [6.07, 6.45) is 9.14. The van der Waals surface area contributed by atoms with E-state index in [-0.39, 0.29) is 11.9 Å². The molecule has 1 aromatic carbocycles. The van der Waals surface area contributed by atoms with Crippen molar-refractivity contribution in [1.29, 1.82) is 0 Å². The number of pyridine rings is 2. The van der Waals surface area contributed by atoms with E-state index in [0.29, 0.717) is 28.8 Å². The number of halogens is 1. The summed E-state index contributed by atoms with van der Waals surface area (Å²) in [6.45, 7) is 3.97. The van der Waals surface area contributed by atoms with Crippen molar-refractivity contribution in [2.24, 2.45) is 5.92 Å². The lowest BCUT2D eigenvalue weighted by Gasteiger charge is -2.28. The van der Waals surface area contributed by atoms with E-state index in [4.69, 9.17) is 16.3 Å². The number of amides is 2. The van der Waals surface area contributed by atoms with E-state index in [1.54, 1.807) is 24.4 Å². The van der Waals surface area contributed by atoms with E-state index in [1.165, 1.54) is 11.3 Å². The molecule has 4 aromatic rings. The number of hydrogen-bond acceptors (Lipinski definition) is 7. The molecule has 3 aromatic heterocycles. The fourth-order valence-electron chi connectivity index (χ4n) is 5.39. The van der Waals surface area contributed by atoms with Crippen LogP contribution in [0, 0.1) is 12.8 Å². The smallest absolute Gasteiger partial charge is 0.247 e. The monoisotopic (exact) mass is 591 g/mol. The van der Waals surface area contributed by atoms with E-state index in [1.807, 2.05) is 56.3 Å². The number of fused-ring (bicyclic) bond motifs is 1. The van der Waals surface area contributed by atoms with Crippen LogP contribution in [-0.4, -0.2) is 35.4 Å². The Labute approximate surface area is 249 Å². The normalized spacial score (nSPS) is 14.9. The number of carbonyl (C=O) groups is 2. The molecule has 0 saturated heterocycles. The van der Waals surface area contributed by atoms with Crippen molar-refractivity contribution in [3.05, 3.63) is 70.5 Å². The van der Waals surface area contributed by atoms with Crippen LogP contribution in [0.1, 0.15) is 55.6 Å². The molecule has 1 saturated carbocycles. The molecule has 2 amide bonds. The average Bonchev–Trinajstić information content (AvgIpc) is 3.67. The molecule has 5 rings (SSSR count). The molecule has 8 nitrogen and oxygen atoms in total. The third kappa shape index (κ3) is 6.80. The van der Waals surface area contributed by atoms with Gasteiger partial charge in [0.2, 0.25) is 12.3 Å². The first-order chi connectivity index (χ1) is 19.8. The third-order valence-corrected chi connectivity index (χ3v) is 9.15. The van der Waals surface area contributed by atoms with E-state index in [9.17, 15) is 9.59 Å². The number of methoxy groups -OCH3 is 1. The number of benzene rings is 1. The second-order valence-electron chi connectivity index (χ2n) is 10.5. The number of rotatable bonds is 11. The zero-order valence-electron chi connectivity index (χ0n) is 23.4. The van der Waals surface area contributed by atoms with Gasteiger partial charge in [-0.15, -0.1) is 11.3 Å². The highest BCUT2D eigenvalue weighted by atomic mass is 35.5. The molecule has 214 valence electrons. The summed E-state index contributed by atoms with van der Waals surface area (Å²) in [5, 5.41) is 8.69. The van der Waals surface area contributed by atoms with Gasteiger partial charge in [0.05, 0.1) is 46.3 Å². The van der Waals surface area contributed by atoms with E-state index in [0.717, 1.165) is 64.3 Å². The minimum atomic E-state index is -0.635. The second-order valence-corrected chi connectivity index (χ2v) is 12.0. The number of ether oxygens (including phenoxy) is 1. The van der Waals surface area contributed by atoms with Crippen molar-refractivity contribution in [2.75, 3.05) is 22.6 Å². The van der Waals surface area contributed by atoms with E-state index in [2.05, 4.69) is 20.6 Å². The molecule has 0 radical (unpaired) electrons. The van der Waals surface area contributed by atoms with Gasteiger partial charge in [-0.2, -0.15) is 0 Å². The van der Waals surface area contributed by atoms with Crippen molar-refractivity contribution < 1.29 is 14.3 Å². The molecule has 0 aliphatic heterocycles. The Morgan fingerprint density at radius 1 is 1.17 bits per heavy atom. The Morgan fingerprint density at radius 2 is 1.98 bits per heavy atom. The van der Waals surface area contributed by atoms with Gasteiger partial charge in [0.15, 0.2) is 0 Å². The lowest BCUT2D eigenvalue weighted by Crippen LogP contribution is -2.44. The summed E-state index contributed by atoms with van der Waals surface area (Å²) >= 11 is 7.65. The van der Waals surface area contributed by atoms with Crippen molar-refractivity contribution in [3.63, 3.8) is 0 Å². The third-order valence-electron chi connectivity index (χ3n) is 7.66. The summed E-state index contributed by atoms with van der Waals surface area (Å²) < 4.78 is 5.31. The molecule has 2 atom stereocenters. The lowest BCUT2D eigenvalue weighted by molar-refractivity contribution is -0.119. The zero-order chi connectivity index (χ0) is 28.9. The second kappa shape index (κ2) is 12.9. The summed E-state index contributed by atoms with van der Waals surface area (Å²) in [4.78, 5) is 37.7. The standard InChI is InChI=1S/C31H34ClN5O3S/c1-19-27(15-23(32)16-33-19)35-20(2)29-10-11-30(41-29)37(18-38)28(12-21-6-4-5-7-21)31(39)36-24-8-9-26-22(13-24)14-25(40-3)17-34-26/h8-11,13-18,20-21,28,35H,4-7,12H2,1-3H3,(H,36,39)/t20-,28-/m0/s1. The van der Waals surface area contributed by atoms with Crippen LogP contribution >= 0.6 is 22.9 Å². The predicted octanol–water partition coefficient (Wildman–Crippen LogP) is 7.39. The Kier molecular flexibility index (Phi) is 9.05. The van der Waals surface area contributed by atoms with E-state index < -0.39 is 6.04 Å². The van der Waals surface area contributed by atoms with Gasteiger partial charge < -0.3 is 15.4 Å². The van der Waals surface area contributed by atoms with Gasteiger partial charge in [-0.3, -0.25) is 24.5 Å². The summed E-state index contributed by atoms with van der Waals surface area (Å²) in [7, 11) is 1.60. The molecule has 0 spiro atoms. The van der Waals surface area contributed by atoms with Crippen molar-refractivity contribution in [1.82, 2.24) is 9.97 Å². The molecule has 1 aliphatic rings. The van der Waals surface area contributed by atoms with Gasteiger partial charge in [0, 0.05) is 22.1 Å². The Bertz CT molecular complexity index is 1540. The first-order valence-electron chi connectivity index (χ1n) is 13.8. The van der Waals surface area contributed by atoms with Gasteiger partial charge in [-0.25, -0.2) is 0 Å². The fourth-order valence-corrected chi connectivity index (χ4v) is 6.57. The van der Waals surface area contributed by atoms with Crippen LogP contribution in [0.25, 0.3) is 10.9 Å². The molecular weight excluding hydrogens is 558 g/mol. The highest BCUT2D eigenvalue weighted by molar-refractivity contribution is 7.16. The van der Waals surface area contributed by atoms with Gasteiger partial charge in [0.25, 0.3) is 0 Å². The number of carbonyl (C=O) groups excluding carboxylic acids is 2. The minimum Gasteiger partial charge on any atom is -0.495 e. The first-order valence-corrected chi connectivity index (χ1v) is 15.0. The van der Waals surface area contributed by atoms with Crippen molar-refractivity contribution in [2.45, 2.75) is 58.0 Å². The highest BCUT2D eigenvalue weighted by Gasteiger charge is 2.32. The number of hydrogen-bond donors (Lipinski definition) is 2. The molecule has 1 aliphatic carbocycles. The first kappa shape index (κ1) is 28.8. The van der Waals surface area contributed by atoms with Gasteiger partial charge in [-0.1, -0.05) is 37.3 Å². The Balaban J connectivity index is 1.38. The molecule has 2 N–H and O–H groups in total. The topological polar surface area (TPSA) is 96.5 Å². The Hall–Kier alpha value is -3.69. The summed E-state index contributed by atoms with van der Waals surface area (Å²) in [5.41, 5.74) is 3.16. The van der Waals surface area contributed by atoms with Crippen molar-refractivity contribution >= 4 is 62.5 Å². The number of anilines is 3. The SMILES string of the molecule is COc1cnc2ccc(NC(=O)[C@H](CC3CCCC3)N(C=O)c3ccc([C@H](C)Nc4cc(Cl)cnc4C)s3)cc2c1. The molecule has 0 unspecified atom stereocenters. The van der Waals surface area contributed by atoms with Crippen LogP contribution in [0.15, 0.2) is 54.9 Å². The Morgan fingerprint density at radius 3 is 2.73 bits per heavy atom. The lowest BCUT2D eigenvalue weighted by atomic mass is 9.97. The number of nitrogens with one attached hydrogen (secondary N) is 2. The number of aryl methyl sites for hydroxylation is 1. The van der Waals surface area contributed by atoms with Crippen molar-refractivity contribution in [3.8, 4) is 5.75 Å². The number of thiophene rings is 1. The zero-order valence-corrected chi connectivity index (χ0v) is 25.0. The number of nitrogens with zero attached hydrogens (tertiary/aromatic N) is 3. The molecule has 41 heavy (non-hydrogen) atoms. The van der Waals surface area contributed by atoms with Crippen LogP contribution in [0.5, 0.6) is 5.75 Å². The van der Waals surface area contributed by atoms with E-state index >= 15 is 0 Å². The van der Waals surface area contributed by atoms with Crippen LogP contribution in [0.2, 0.25) is 5.02 Å². The van der Waals surface area contributed by atoms with Gasteiger partial charge in [0.1, 0.15) is 11.8 Å². The highest BCUT2D eigenvalue weighted by Crippen LogP contribution is 2.36. The molecule has 1 fully saturated rings. The largest absolute Gasteiger partial charge is 0.495 e. The van der Waals surface area contributed by atoms with Gasteiger partial charge >= 0.3 is 0 Å². The quantitative estimate of drug-likeness (QED) is 0.177. The van der Waals surface area contributed by atoms with Crippen LogP contribution in [-0.2, 0) is 9.59 Å². The summed E-state index contributed by atoms with van der Waals surface area (Å²) in [5.74, 6) is 0.837. The fraction of sp³-hybridized carbons (Fsp3) is 0.355. The predicted molar refractivity (Wildman–Crippen MR) is 166 cm³/mol. The molecule has 0 bridgehead atoms. The maximum atomic E-state index is 13.8. The number of aromatic nitrogens is 2. The minimum absolute atomic E-state index is 0.0495. The molecular formula is C31H34ClN5O3S. The average molecular weight is 592 g/mol. The van der Waals surface area contributed by atoms with Crippen LogP contribution in [0.4, 0.5) is 16.4 Å². The summed E-state index contributed by atoms with van der Waals surface area (Å²) in [6, 6.07) is 12.5. The van der Waals surface area contributed by atoms with Crippen LogP contribution in [0.3, 0.4) is 0 Å². The van der Waals surface area contributed by atoms with Crippen LogP contribution < -0.4 is 20.3 Å². The maximum Gasteiger partial charge on any atom is 0.247 e. The molecule has 3 heterocycles. The molecule has 10 heteroatoms.